The molecule has 4 rings (SSSR count). The molecular formula is C21H25N5O. The SMILES string of the molecule is Cc1ccc(C)c(CNC(=O)[C@@H]2CCCN(c3nnc4ccccn34)C2)c1. The Morgan fingerprint density at radius 2 is 2.11 bits per heavy atom. The summed E-state index contributed by atoms with van der Waals surface area (Å²) in [6.45, 7) is 6.31. The van der Waals surface area contributed by atoms with Gasteiger partial charge in [-0.1, -0.05) is 29.8 Å². The fraction of sp³-hybridized carbons (Fsp3) is 0.381. The van der Waals surface area contributed by atoms with Crippen LogP contribution in [0.3, 0.4) is 0 Å². The first kappa shape index (κ1) is 17.5. The molecule has 1 aromatic carbocycles. The number of benzene rings is 1. The van der Waals surface area contributed by atoms with Gasteiger partial charge in [0.2, 0.25) is 11.9 Å². The normalized spacial score (nSPS) is 17.3. The Bertz CT molecular complexity index is 964. The van der Waals surface area contributed by atoms with Gasteiger partial charge in [0.05, 0.1) is 5.92 Å². The summed E-state index contributed by atoms with van der Waals surface area (Å²) in [5, 5.41) is 11.7. The van der Waals surface area contributed by atoms with Gasteiger partial charge in [-0.15, -0.1) is 10.2 Å². The highest BCUT2D eigenvalue weighted by atomic mass is 16.1. The van der Waals surface area contributed by atoms with E-state index < -0.39 is 0 Å². The third kappa shape index (κ3) is 3.65. The third-order valence-corrected chi connectivity index (χ3v) is 5.33. The van der Waals surface area contributed by atoms with Crippen molar-refractivity contribution in [3.8, 4) is 0 Å². The van der Waals surface area contributed by atoms with Crippen LogP contribution in [0.5, 0.6) is 0 Å². The van der Waals surface area contributed by atoms with Crippen molar-refractivity contribution in [2.45, 2.75) is 33.2 Å². The first-order valence-electron chi connectivity index (χ1n) is 9.50. The minimum absolute atomic E-state index is 0.0278. The summed E-state index contributed by atoms with van der Waals surface area (Å²) in [5.74, 6) is 0.909. The molecule has 6 nitrogen and oxygen atoms in total. The molecule has 1 aliphatic heterocycles. The number of nitrogens with one attached hydrogen (secondary N) is 1. The largest absolute Gasteiger partial charge is 0.352 e. The van der Waals surface area contributed by atoms with Crippen molar-refractivity contribution in [3.63, 3.8) is 0 Å². The number of anilines is 1. The molecule has 27 heavy (non-hydrogen) atoms. The van der Waals surface area contributed by atoms with Crippen LogP contribution in [0.1, 0.15) is 29.5 Å². The van der Waals surface area contributed by atoms with Gasteiger partial charge in [-0.3, -0.25) is 9.20 Å². The van der Waals surface area contributed by atoms with Gasteiger partial charge in [0.15, 0.2) is 5.65 Å². The number of pyridine rings is 1. The summed E-state index contributed by atoms with van der Waals surface area (Å²) >= 11 is 0. The van der Waals surface area contributed by atoms with Crippen molar-refractivity contribution in [3.05, 3.63) is 59.3 Å². The lowest BCUT2D eigenvalue weighted by Crippen LogP contribution is -2.43. The minimum Gasteiger partial charge on any atom is -0.352 e. The van der Waals surface area contributed by atoms with Crippen molar-refractivity contribution in [1.82, 2.24) is 19.9 Å². The van der Waals surface area contributed by atoms with Crippen LogP contribution in [0, 0.1) is 19.8 Å². The fourth-order valence-electron chi connectivity index (χ4n) is 3.73. The van der Waals surface area contributed by atoms with Gasteiger partial charge in [0.1, 0.15) is 0 Å². The van der Waals surface area contributed by atoms with Gasteiger partial charge in [0.25, 0.3) is 0 Å². The molecular weight excluding hydrogens is 338 g/mol. The highest BCUT2D eigenvalue weighted by molar-refractivity contribution is 5.79. The summed E-state index contributed by atoms with van der Waals surface area (Å²) in [6.07, 6.45) is 3.85. The van der Waals surface area contributed by atoms with Gasteiger partial charge in [0, 0.05) is 25.8 Å². The molecule has 1 amide bonds. The summed E-state index contributed by atoms with van der Waals surface area (Å²) < 4.78 is 1.98. The highest BCUT2D eigenvalue weighted by Crippen LogP contribution is 2.22. The Balaban J connectivity index is 1.43. The zero-order valence-corrected chi connectivity index (χ0v) is 15.9. The number of carbonyl (C=O) groups excluding carboxylic acids is 1. The number of fused-ring (bicyclic) bond motifs is 1. The summed E-state index contributed by atoms with van der Waals surface area (Å²) in [5.41, 5.74) is 4.43. The van der Waals surface area contributed by atoms with E-state index in [1.165, 1.54) is 16.7 Å². The van der Waals surface area contributed by atoms with Gasteiger partial charge in [-0.2, -0.15) is 0 Å². The van der Waals surface area contributed by atoms with Crippen LogP contribution in [-0.2, 0) is 11.3 Å². The molecule has 3 aromatic rings. The first-order chi connectivity index (χ1) is 13.1. The number of hydrogen-bond donors (Lipinski definition) is 1. The smallest absolute Gasteiger partial charge is 0.231 e. The molecule has 140 valence electrons. The van der Waals surface area contributed by atoms with E-state index in [1.54, 1.807) is 0 Å². The van der Waals surface area contributed by atoms with Crippen LogP contribution in [-0.4, -0.2) is 33.6 Å². The van der Waals surface area contributed by atoms with E-state index in [-0.39, 0.29) is 11.8 Å². The van der Waals surface area contributed by atoms with Crippen LogP contribution in [0.25, 0.3) is 5.65 Å². The summed E-state index contributed by atoms with van der Waals surface area (Å²) in [4.78, 5) is 14.9. The molecule has 2 aromatic heterocycles. The number of aryl methyl sites for hydroxylation is 2. The predicted molar refractivity (Wildman–Crippen MR) is 106 cm³/mol. The molecule has 1 aliphatic rings. The molecule has 0 aliphatic carbocycles. The number of carbonyl (C=O) groups is 1. The quantitative estimate of drug-likeness (QED) is 0.774. The number of aromatic nitrogens is 3. The van der Waals surface area contributed by atoms with Crippen LogP contribution in [0.15, 0.2) is 42.6 Å². The lowest BCUT2D eigenvalue weighted by atomic mass is 9.97. The molecule has 0 saturated carbocycles. The van der Waals surface area contributed by atoms with E-state index in [0.29, 0.717) is 13.1 Å². The van der Waals surface area contributed by atoms with Crippen molar-refractivity contribution in [1.29, 1.82) is 0 Å². The lowest BCUT2D eigenvalue weighted by molar-refractivity contribution is -0.125. The van der Waals surface area contributed by atoms with Gasteiger partial charge < -0.3 is 10.2 Å². The standard InChI is InChI=1S/C21H25N5O/c1-15-8-9-16(2)18(12-15)13-22-20(27)17-6-5-10-25(14-17)21-24-23-19-7-3-4-11-26(19)21/h3-4,7-9,11-12,17H,5-6,10,13-14H2,1-2H3,(H,22,27)/t17-/m1/s1. The zero-order chi connectivity index (χ0) is 18.8. The van der Waals surface area contributed by atoms with Gasteiger partial charge >= 0.3 is 0 Å². The van der Waals surface area contributed by atoms with Crippen LogP contribution in [0.2, 0.25) is 0 Å². The van der Waals surface area contributed by atoms with Crippen LogP contribution < -0.4 is 10.2 Å². The molecule has 3 heterocycles. The van der Waals surface area contributed by atoms with Gasteiger partial charge in [-0.25, -0.2) is 0 Å². The molecule has 6 heteroatoms. The first-order valence-corrected chi connectivity index (χ1v) is 9.50. The van der Waals surface area contributed by atoms with E-state index in [9.17, 15) is 4.79 Å². The minimum atomic E-state index is -0.0278. The van der Waals surface area contributed by atoms with Crippen molar-refractivity contribution in [2.24, 2.45) is 5.92 Å². The Hall–Kier alpha value is -2.89. The Morgan fingerprint density at radius 1 is 1.22 bits per heavy atom. The second kappa shape index (κ2) is 7.39. The summed E-state index contributed by atoms with van der Waals surface area (Å²) in [6, 6.07) is 12.2. The molecule has 1 fully saturated rings. The Kier molecular flexibility index (Phi) is 4.79. The fourth-order valence-corrected chi connectivity index (χ4v) is 3.73. The van der Waals surface area contributed by atoms with E-state index >= 15 is 0 Å². The Morgan fingerprint density at radius 3 is 3.00 bits per heavy atom. The number of piperidine rings is 1. The van der Waals surface area contributed by atoms with Crippen molar-refractivity contribution >= 4 is 17.5 Å². The van der Waals surface area contributed by atoms with E-state index in [4.69, 9.17) is 0 Å². The van der Waals surface area contributed by atoms with E-state index in [1.807, 2.05) is 28.8 Å². The maximum atomic E-state index is 12.8. The highest BCUT2D eigenvalue weighted by Gasteiger charge is 2.28. The molecule has 0 unspecified atom stereocenters. The third-order valence-electron chi connectivity index (χ3n) is 5.33. The van der Waals surface area contributed by atoms with Crippen molar-refractivity contribution < 1.29 is 4.79 Å². The maximum Gasteiger partial charge on any atom is 0.231 e. The van der Waals surface area contributed by atoms with Gasteiger partial charge in [-0.05, 0) is 49.9 Å². The number of nitrogens with zero attached hydrogens (tertiary/aromatic N) is 4. The molecule has 0 spiro atoms. The number of rotatable bonds is 4. The molecule has 1 saturated heterocycles. The van der Waals surface area contributed by atoms with Crippen LogP contribution in [0.4, 0.5) is 5.95 Å². The Labute approximate surface area is 159 Å². The molecule has 0 bridgehead atoms. The monoisotopic (exact) mass is 363 g/mol. The lowest BCUT2D eigenvalue weighted by Gasteiger charge is -2.32. The number of hydrogen-bond acceptors (Lipinski definition) is 4. The van der Waals surface area contributed by atoms with Crippen molar-refractivity contribution in [2.75, 3.05) is 18.0 Å². The van der Waals surface area contributed by atoms with Crippen LogP contribution >= 0.6 is 0 Å². The predicted octanol–water partition coefficient (Wildman–Crippen LogP) is 2.88. The molecule has 0 radical (unpaired) electrons. The topological polar surface area (TPSA) is 62.5 Å². The van der Waals surface area contributed by atoms with E-state index in [2.05, 4.69) is 52.5 Å². The number of amides is 1. The maximum absolute atomic E-state index is 12.8. The van der Waals surface area contributed by atoms with E-state index in [0.717, 1.165) is 31.0 Å². The zero-order valence-electron chi connectivity index (χ0n) is 15.9. The molecule has 1 atom stereocenters. The second-order valence-corrected chi connectivity index (χ2v) is 7.36. The average Bonchev–Trinajstić information content (AvgIpc) is 3.13. The summed E-state index contributed by atoms with van der Waals surface area (Å²) in [7, 11) is 0. The average molecular weight is 363 g/mol. The molecule has 1 N–H and O–H groups in total. The second-order valence-electron chi connectivity index (χ2n) is 7.36.